The van der Waals surface area contributed by atoms with E-state index in [1.165, 1.54) is 18.2 Å². The predicted molar refractivity (Wildman–Crippen MR) is 121 cm³/mol. The van der Waals surface area contributed by atoms with Crippen molar-refractivity contribution in [3.05, 3.63) is 59.4 Å². The molecule has 3 rings (SSSR count). The minimum atomic E-state index is -5.08. The van der Waals surface area contributed by atoms with Gasteiger partial charge < -0.3 is 20.6 Å². The number of anilines is 2. The summed E-state index contributed by atoms with van der Waals surface area (Å²) in [7, 11) is -3.51. The maximum Gasteiger partial charge on any atom is 0.490 e. The van der Waals surface area contributed by atoms with Gasteiger partial charge in [-0.1, -0.05) is 12.1 Å². The number of amides is 1. The van der Waals surface area contributed by atoms with Crippen molar-refractivity contribution >= 4 is 33.3 Å². The second-order valence-electron chi connectivity index (χ2n) is 7.46. The Kier molecular flexibility index (Phi) is 9.42. The van der Waals surface area contributed by atoms with Gasteiger partial charge in [-0.2, -0.15) is 13.2 Å². The van der Waals surface area contributed by atoms with E-state index >= 15 is 0 Å². The molecule has 14 heteroatoms. The lowest BCUT2D eigenvalue weighted by molar-refractivity contribution is -0.192. The van der Waals surface area contributed by atoms with Gasteiger partial charge in [-0.25, -0.2) is 17.6 Å². The third kappa shape index (κ3) is 9.41. The minimum absolute atomic E-state index is 0.172. The first kappa shape index (κ1) is 27.9. The lowest BCUT2D eigenvalue weighted by Gasteiger charge is -2.31. The van der Waals surface area contributed by atoms with Crippen molar-refractivity contribution in [2.75, 3.05) is 42.1 Å². The molecule has 0 bridgehead atoms. The van der Waals surface area contributed by atoms with Crippen LogP contribution in [0.3, 0.4) is 0 Å². The van der Waals surface area contributed by atoms with E-state index in [0.29, 0.717) is 16.8 Å². The Bertz CT molecular complexity index is 1150. The summed E-state index contributed by atoms with van der Waals surface area (Å²) in [6.07, 6.45) is -4.01. The monoisotopic (exact) mass is 520 g/mol. The van der Waals surface area contributed by atoms with Crippen molar-refractivity contribution in [3.8, 4) is 0 Å². The third-order valence-electron chi connectivity index (χ3n) is 4.60. The minimum Gasteiger partial charge on any atom is -0.475 e. The number of carboxylic acids is 1. The number of piperazine rings is 1. The van der Waals surface area contributed by atoms with Crippen molar-refractivity contribution in [2.45, 2.75) is 12.7 Å². The number of rotatable bonds is 6. The van der Waals surface area contributed by atoms with Gasteiger partial charge in [0, 0.05) is 38.3 Å². The number of carbonyl (C=O) groups excluding carboxylic acids is 1. The van der Waals surface area contributed by atoms with E-state index in [1.807, 2.05) is 0 Å². The summed E-state index contributed by atoms with van der Waals surface area (Å²) in [6.45, 7) is 3.25. The molecule has 1 heterocycles. The Morgan fingerprint density at radius 1 is 1.11 bits per heavy atom. The first-order chi connectivity index (χ1) is 16.3. The summed E-state index contributed by atoms with van der Waals surface area (Å²) in [6, 6.07) is 10.9. The maximum absolute atomic E-state index is 13.3. The van der Waals surface area contributed by atoms with Gasteiger partial charge in [-0.15, -0.1) is 0 Å². The molecule has 0 radical (unpaired) electrons. The molecule has 1 fully saturated rings. The van der Waals surface area contributed by atoms with E-state index in [4.69, 9.17) is 9.90 Å². The average molecular weight is 521 g/mol. The van der Waals surface area contributed by atoms with Gasteiger partial charge in [0.2, 0.25) is 10.0 Å². The van der Waals surface area contributed by atoms with Crippen LogP contribution in [0.1, 0.15) is 15.9 Å². The van der Waals surface area contributed by atoms with Crippen molar-refractivity contribution < 1.29 is 40.7 Å². The Labute approximate surface area is 199 Å². The molecule has 0 unspecified atom stereocenters. The van der Waals surface area contributed by atoms with Crippen molar-refractivity contribution in [3.63, 3.8) is 0 Å². The fourth-order valence-corrected chi connectivity index (χ4v) is 3.63. The zero-order valence-corrected chi connectivity index (χ0v) is 19.3. The summed E-state index contributed by atoms with van der Waals surface area (Å²) >= 11 is 0. The molecule has 192 valence electrons. The molecule has 0 aliphatic carbocycles. The second kappa shape index (κ2) is 11.8. The Hall–Kier alpha value is -3.39. The summed E-state index contributed by atoms with van der Waals surface area (Å²) < 4.78 is 71.1. The molecule has 2 aromatic carbocycles. The fraction of sp³-hybridized carbons (Fsp3) is 0.333. The van der Waals surface area contributed by atoms with Crippen LogP contribution in [-0.4, -0.2) is 64.0 Å². The third-order valence-corrected chi connectivity index (χ3v) is 5.19. The molecular weight excluding hydrogens is 496 g/mol. The van der Waals surface area contributed by atoms with Gasteiger partial charge in [0.25, 0.3) is 5.91 Å². The van der Waals surface area contributed by atoms with E-state index in [-0.39, 0.29) is 18.3 Å². The first-order valence-electron chi connectivity index (χ1n) is 10.2. The van der Waals surface area contributed by atoms with Crippen molar-refractivity contribution in [1.29, 1.82) is 0 Å². The lowest BCUT2D eigenvalue weighted by Crippen LogP contribution is -2.43. The van der Waals surface area contributed by atoms with Gasteiger partial charge in [-0.3, -0.25) is 9.52 Å². The largest absolute Gasteiger partial charge is 0.490 e. The van der Waals surface area contributed by atoms with E-state index in [0.717, 1.165) is 38.1 Å². The van der Waals surface area contributed by atoms with Crippen molar-refractivity contribution in [2.24, 2.45) is 0 Å². The number of halogens is 4. The molecule has 1 amide bonds. The van der Waals surface area contributed by atoms with Crippen LogP contribution in [0.15, 0.2) is 42.5 Å². The van der Waals surface area contributed by atoms with Crippen LogP contribution in [0.4, 0.5) is 28.9 Å². The van der Waals surface area contributed by atoms with Gasteiger partial charge in [0.1, 0.15) is 5.82 Å². The number of alkyl halides is 3. The summed E-state index contributed by atoms with van der Waals surface area (Å²) in [5.41, 5.74) is 2.05. The number of hydrogen-bond acceptors (Lipinski definition) is 6. The van der Waals surface area contributed by atoms with Crippen LogP contribution in [0, 0.1) is 5.82 Å². The number of aliphatic carboxylic acids is 1. The van der Waals surface area contributed by atoms with Crippen LogP contribution in [-0.2, 0) is 21.4 Å². The number of nitrogens with one attached hydrogen (secondary N) is 3. The quantitative estimate of drug-likeness (QED) is 0.430. The Morgan fingerprint density at radius 2 is 1.74 bits per heavy atom. The number of hydrogen-bond donors (Lipinski definition) is 4. The lowest BCUT2D eigenvalue weighted by atomic mass is 10.1. The normalized spacial score (nSPS) is 13.9. The maximum atomic E-state index is 13.3. The molecule has 9 nitrogen and oxygen atoms in total. The molecular formula is C21H24F4N4O5S. The highest BCUT2D eigenvalue weighted by molar-refractivity contribution is 7.92. The SMILES string of the molecule is CS(=O)(=O)Nc1cc(C(=O)NCc2cccc(F)c2)ccc1N1CCNCC1.O=C(O)C(F)(F)F. The molecule has 1 aliphatic heterocycles. The zero-order chi connectivity index (χ0) is 26.2. The smallest absolute Gasteiger partial charge is 0.475 e. The summed E-state index contributed by atoms with van der Waals surface area (Å²) in [4.78, 5) is 23.5. The summed E-state index contributed by atoms with van der Waals surface area (Å²) in [5, 5.41) is 13.1. The molecule has 1 aliphatic rings. The molecule has 35 heavy (non-hydrogen) atoms. The number of carboxylic acid groups (broad SMARTS) is 1. The van der Waals surface area contributed by atoms with Crippen LogP contribution < -0.4 is 20.3 Å². The van der Waals surface area contributed by atoms with E-state index in [2.05, 4.69) is 20.3 Å². The van der Waals surface area contributed by atoms with Gasteiger partial charge in [0.15, 0.2) is 0 Å². The number of benzene rings is 2. The molecule has 0 saturated carbocycles. The highest BCUT2D eigenvalue weighted by Crippen LogP contribution is 2.28. The summed E-state index contributed by atoms with van der Waals surface area (Å²) in [5.74, 6) is -3.49. The molecule has 0 spiro atoms. The zero-order valence-electron chi connectivity index (χ0n) is 18.5. The van der Waals surface area contributed by atoms with Crippen LogP contribution >= 0.6 is 0 Å². The highest BCUT2D eigenvalue weighted by Gasteiger charge is 2.38. The molecule has 2 aromatic rings. The van der Waals surface area contributed by atoms with Crippen LogP contribution in [0.25, 0.3) is 0 Å². The number of carbonyl (C=O) groups is 2. The second-order valence-corrected chi connectivity index (χ2v) is 9.21. The standard InChI is InChI=1S/C19H23FN4O3S.C2HF3O2/c1-28(26,27)23-17-12-15(5-6-18(17)24-9-7-21-8-10-24)19(25)22-13-14-3-2-4-16(20)11-14;3-2(4,5)1(6)7/h2-6,11-12,21,23H,7-10,13H2,1H3,(H,22,25);(H,6,7). The van der Waals surface area contributed by atoms with Gasteiger partial charge in [0.05, 0.1) is 17.6 Å². The van der Waals surface area contributed by atoms with E-state index in [1.54, 1.807) is 24.3 Å². The Balaban J connectivity index is 0.000000540. The molecule has 0 atom stereocenters. The first-order valence-corrected chi connectivity index (χ1v) is 12.1. The van der Waals surface area contributed by atoms with Crippen LogP contribution in [0.2, 0.25) is 0 Å². The molecule has 0 aromatic heterocycles. The fourth-order valence-electron chi connectivity index (χ4n) is 3.07. The topological polar surface area (TPSA) is 128 Å². The van der Waals surface area contributed by atoms with E-state index < -0.39 is 22.2 Å². The van der Waals surface area contributed by atoms with Crippen molar-refractivity contribution in [1.82, 2.24) is 10.6 Å². The number of sulfonamides is 1. The molecule has 4 N–H and O–H groups in total. The highest BCUT2D eigenvalue weighted by atomic mass is 32.2. The molecule has 1 saturated heterocycles. The van der Waals surface area contributed by atoms with Crippen LogP contribution in [0.5, 0.6) is 0 Å². The number of nitrogens with zero attached hydrogens (tertiary/aromatic N) is 1. The average Bonchev–Trinajstić information content (AvgIpc) is 2.77. The van der Waals surface area contributed by atoms with Gasteiger partial charge in [-0.05, 0) is 35.9 Å². The van der Waals surface area contributed by atoms with E-state index in [9.17, 15) is 30.8 Å². The van der Waals surface area contributed by atoms with Gasteiger partial charge >= 0.3 is 12.1 Å². The Morgan fingerprint density at radius 3 is 2.29 bits per heavy atom. The predicted octanol–water partition coefficient (Wildman–Crippen LogP) is 2.17.